The Hall–Kier alpha value is -2.30. The van der Waals surface area contributed by atoms with Crippen LogP contribution in [0.1, 0.15) is 35.9 Å². The molecule has 1 N–H and O–H groups in total. The van der Waals surface area contributed by atoms with Crippen molar-refractivity contribution in [2.24, 2.45) is 5.92 Å². The summed E-state index contributed by atoms with van der Waals surface area (Å²) in [5.74, 6) is 0.426. The Balaban J connectivity index is 2.29. The van der Waals surface area contributed by atoms with Crippen LogP contribution in [0.3, 0.4) is 0 Å². The molecule has 3 nitrogen and oxygen atoms in total. The molecule has 0 aliphatic rings. The van der Waals surface area contributed by atoms with Gasteiger partial charge in [0.05, 0.1) is 17.2 Å². The minimum Gasteiger partial charge on any atom is -0.377 e. The zero-order chi connectivity index (χ0) is 14.5. The largest absolute Gasteiger partial charge is 0.377 e. The van der Waals surface area contributed by atoms with Crippen molar-refractivity contribution in [3.05, 3.63) is 51.7 Å². The van der Waals surface area contributed by atoms with Crippen LogP contribution >= 0.6 is 11.3 Å². The highest BCUT2D eigenvalue weighted by Crippen LogP contribution is 2.30. The van der Waals surface area contributed by atoms with Crippen LogP contribution in [-0.2, 0) is 0 Å². The van der Waals surface area contributed by atoms with Gasteiger partial charge >= 0.3 is 0 Å². The molecule has 0 saturated heterocycles. The monoisotopic (exact) mass is 281 g/mol. The molecule has 0 amide bonds. The standard InChI is InChI=1S/C16H15N3S/c1-11(2)16(15-4-3-7-20-15)19-14-6-5-12(9-17)13(8-14)10-18/h3-8,11,16,19H,1-2H3. The van der Waals surface area contributed by atoms with Crippen LogP contribution in [0.25, 0.3) is 0 Å². The molecule has 20 heavy (non-hydrogen) atoms. The Labute approximate surface area is 123 Å². The van der Waals surface area contributed by atoms with Gasteiger partial charge in [0.15, 0.2) is 0 Å². The second-order valence-electron chi connectivity index (χ2n) is 4.87. The molecular formula is C16H15N3S. The summed E-state index contributed by atoms with van der Waals surface area (Å²) in [5, 5.41) is 23.5. The number of nitrogens with zero attached hydrogens (tertiary/aromatic N) is 2. The molecule has 0 aliphatic carbocycles. The topological polar surface area (TPSA) is 59.6 Å². The molecule has 0 radical (unpaired) electrons. The molecule has 0 saturated carbocycles. The van der Waals surface area contributed by atoms with E-state index in [1.807, 2.05) is 18.2 Å². The minimum atomic E-state index is 0.203. The van der Waals surface area contributed by atoms with Gasteiger partial charge in [0, 0.05) is 10.6 Å². The van der Waals surface area contributed by atoms with Gasteiger partial charge in [-0.25, -0.2) is 0 Å². The first kappa shape index (κ1) is 14.1. The zero-order valence-corrected chi connectivity index (χ0v) is 12.2. The summed E-state index contributed by atoms with van der Waals surface area (Å²) in [6, 6.07) is 13.7. The maximum absolute atomic E-state index is 9.07. The molecule has 1 aromatic heterocycles. The number of hydrogen-bond acceptors (Lipinski definition) is 4. The maximum Gasteiger partial charge on any atom is 0.101 e. The van der Waals surface area contributed by atoms with Crippen LogP contribution in [-0.4, -0.2) is 0 Å². The number of rotatable bonds is 4. The maximum atomic E-state index is 9.07. The van der Waals surface area contributed by atoms with Gasteiger partial charge in [0.25, 0.3) is 0 Å². The van der Waals surface area contributed by atoms with Crippen LogP contribution in [0.2, 0.25) is 0 Å². The molecule has 1 atom stereocenters. The first-order valence-electron chi connectivity index (χ1n) is 6.40. The Kier molecular flexibility index (Phi) is 4.40. The highest BCUT2D eigenvalue weighted by Gasteiger charge is 2.17. The van der Waals surface area contributed by atoms with Crippen LogP contribution in [0.4, 0.5) is 5.69 Å². The second-order valence-corrected chi connectivity index (χ2v) is 5.84. The number of thiophene rings is 1. The number of nitrogens with one attached hydrogen (secondary N) is 1. The first-order chi connectivity index (χ1) is 9.65. The van der Waals surface area contributed by atoms with E-state index >= 15 is 0 Å². The van der Waals surface area contributed by atoms with Gasteiger partial charge in [-0.3, -0.25) is 0 Å². The van der Waals surface area contributed by atoms with Gasteiger partial charge < -0.3 is 5.32 Å². The van der Waals surface area contributed by atoms with E-state index in [4.69, 9.17) is 10.5 Å². The number of anilines is 1. The Morgan fingerprint density at radius 2 is 1.85 bits per heavy atom. The van der Waals surface area contributed by atoms with Gasteiger partial charge in [-0.2, -0.15) is 10.5 Å². The highest BCUT2D eigenvalue weighted by molar-refractivity contribution is 7.10. The van der Waals surface area contributed by atoms with Crippen LogP contribution in [0, 0.1) is 28.6 Å². The van der Waals surface area contributed by atoms with E-state index in [9.17, 15) is 0 Å². The molecule has 1 unspecified atom stereocenters. The minimum absolute atomic E-state index is 0.203. The number of benzene rings is 1. The molecule has 1 heterocycles. The van der Waals surface area contributed by atoms with E-state index in [1.54, 1.807) is 23.5 Å². The molecular weight excluding hydrogens is 266 g/mol. The summed E-state index contributed by atoms with van der Waals surface area (Å²) in [6.45, 7) is 4.32. The lowest BCUT2D eigenvalue weighted by molar-refractivity contribution is 0.554. The summed E-state index contributed by atoms with van der Waals surface area (Å²) in [5.41, 5.74) is 1.69. The van der Waals surface area contributed by atoms with Gasteiger partial charge in [0.1, 0.15) is 12.1 Å². The Morgan fingerprint density at radius 1 is 1.10 bits per heavy atom. The van der Waals surface area contributed by atoms with Crippen LogP contribution in [0.15, 0.2) is 35.7 Å². The molecule has 100 valence electrons. The molecule has 0 aliphatic heterocycles. The van der Waals surface area contributed by atoms with E-state index in [1.165, 1.54) is 4.88 Å². The Bertz CT molecular complexity index is 660. The van der Waals surface area contributed by atoms with E-state index in [0.29, 0.717) is 17.0 Å². The van der Waals surface area contributed by atoms with Gasteiger partial charge in [0.2, 0.25) is 0 Å². The van der Waals surface area contributed by atoms with Crippen molar-refractivity contribution in [1.82, 2.24) is 0 Å². The fourth-order valence-corrected chi connectivity index (χ4v) is 2.99. The molecule has 2 rings (SSSR count). The van der Waals surface area contributed by atoms with Crippen molar-refractivity contribution in [3.63, 3.8) is 0 Å². The summed E-state index contributed by atoms with van der Waals surface area (Å²) in [7, 11) is 0. The zero-order valence-electron chi connectivity index (χ0n) is 11.4. The molecule has 1 aromatic carbocycles. The summed E-state index contributed by atoms with van der Waals surface area (Å²) < 4.78 is 0. The number of nitriles is 2. The summed E-state index contributed by atoms with van der Waals surface area (Å²) in [6.07, 6.45) is 0. The van der Waals surface area contributed by atoms with Crippen molar-refractivity contribution in [3.8, 4) is 12.1 Å². The van der Waals surface area contributed by atoms with Crippen molar-refractivity contribution in [2.75, 3.05) is 5.32 Å². The summed E-state index contributed by atoms with van der Waals surface area (Å²) >= 11 is 1.72. The highest BCUT2D eigenvalue weighted by atomic mass is 32.1. The SMILES string of the molecule is CC(C)C(Nc1ccc(C#N)c(C#N)c1)c1cccs1. The fraction of sp³-hybridized carbons (Fsp3) is 0.250. The molecule has 0 fully saturated rings. The molecule has 0 bridgehead atoms. The van der Waals surface area contributed by atoms with Crippen LogP contribution < -0.4 is 5.32 Å². The third-order valence-electron chi connectivity index (χ3n) is 3.10. The predicted molar refractivity (Wildman–Crippen MR) is 81.4 cm³/mol. The van der Waals surface area contributed by atoms with Crippen molar-refractivity contribution < 1.29 is 0 Å². The molecule has 0 spiro atoms. The smallest absolute Gasteiger partial charge is 0.101 e. The van der Waals surface area contributed by atoms with E-state index in [-0.39, 0.29) is 6.04 Å². The quantitative estimate of drug-likeness (QED) is 0.908. The van der Waals surface area contributed by atoms with E-state index < -0.39 is 0 Å². The number of hydrogen-bond donors (Lipinski definition) is 1. The van der Waals surface area contributed by atoms with Crippen molar-refractivity contribution in [2.45, 2.75) is 19.9 Å². The average molecular weight is 281 g/mol. The van der Waals surface area contributed by atoms with Gasteiger partial charge in [-0.1, -0.05) is 19.9 Å². The average Bonchev–Trinajstić information content (AvgIpc) is 2.97. The normalized spacial score (nSPS) is 11.7. The van der Waals surface area contributed by atoms with E-state index in [0.717, 1.165) is 5.69 Å². The lowest BCUT2D eigenvalue weighted by Crippen LogP contribution is -2.15. The molecule has 2 aromatic rings. The summed E-state index contributed by atoms with van der Waals surface area (Å²) in [4.78, 5) is 1.27. The van der Waals surface area contributed by atoms with Gasteiger partial charge in [-0.05, 0) is 35.6 Å². The van der Waals surface area contributed by atoms with Crippen molar-refractivity contribution >= 4 is 17.0 Å². The van der Waals surface area contributed by atoms with E-state index in [2.05, 4.69) is 36.7 Å². The van der Waals surface area contributed by atoms with Gasteiger partial charge in [-0.15, -0.1) is 11.3 Å². The fourth-order valence-electron chi connectivity index (χ4n) is 2.04. The third kappa shape index (κ3) is 2.99. The predicted octanol–water partition coefficient (Wildman–Crippen LogP) is 4.30. The Morgan fingerprint density at radius 3 is 2.40 bits per heavy atom. The lowest BCUT2D eigenvalue weighted by Gasteiger charge is -2.22. The van der Waals surface area contributed by atoms with Crippen LogP contribution in [0.5, 0.6) is 0 Å². The first-order valence-corrected chi connectivity index (χ1v) is 7.28. The lowest BCUT2D eigenvalue weighted by atomic mass is 10.0. The molecule has 4 heteroatoms. The third-order valence-corrected chi connectivity index (χ3v) is 4.05. The second kappa shape index (κ2) is 6.23. The van der Waals surface area contributed by atoms with Crippen molar-refractivity contribution in [1.29, 1.82) is 10.5 Å².